The number of nitrogens with zero attached hydrogens (tertiary/aromatic N) is 1. The molecule has 0 atom stereocenters. The van der Waals surface area contributed by atoms with E-state index >= 15 is 0 Å². The third kappa shape index (κ3) is 5.25. The van der Waals surface area contributed by atoms with Crippen LogP contribution in [-0.2, 0) is 4.74 Å². The monoisotopic (exact) mass is 256 g/mol. The predicted octanol–water partition coefficient (Wildman–Crippen LogP) is 2.90. The molecule has 4 nitrogen and oxygen atoms in total. The number of ether oxygens (including phenoxy) is 1. The van der Waals surface area contributed by atoms with Gasteiger partial charge < -0.3 is 15.4 Å². The molecule has 1 amide bonds. The van der Waals surface area contributed by atoms with Crippen molar-refractivity contribution in [3.05, 3.63) is 0 Å². The van der Waals surface area contributed by atoms with Gasteiger partial charge in [-0.15, -0.1) is 0 Å². The number of carbonyl (C=O) groups excluding carboxylic acids is 1. The maximum absolute atomic E-state index is 12.2. The highest BCUT2D eigenvalue weighted by atomic mass is 16.6. The quantitative estimate of drug-likeness (QED) is 0.841. The number of nitrogens with two attached hydrogens (primary N) is 1. The maximum atomic E-state index is 12.2. The fourth-order valence-corrected chi connectivity index (χ4v) is 1.85. The molecule has 18 heavy (non-hydrogen) atoms. The first kappa shape index (κ1) is 15.3. The normalized spacial score (nSPS) is 17.2. The van der Waals surface area contributed by atoms with Crippen molar-refractivity contribution in [1.82, 2.24) is 4.90 Å². The summed E-state index contributed by atoms with van der Waals surface area (Å²) in [6, 6.07) is 0.349. The van der Waals surface area contributed by atoms with Gasteiger partial charge in [-0.3, -0.25) is 0 Å². The minimum atomic E-state index is -0.433. The molecule has 0 radical (unpaired) electrons. The van der Waals surface area contributed by atoms with Crippen LogP contribution in [0.15, 0.2) is 0 Å². The van der Waals surface area contributed by atoms with Gasteiger partial charge in [0.25, 0.3) is 0 Å². The Labute approximate surface area is 111 Å². The molecule has 1 aliphatic rings. The maximum Gasteiger partial charge on any atom is 0.410 e. The second kappa shape index (κ2) is 5.47. The van der Waals surface area contributed by atoms with Gasteiger partial charge in [0.1, 0.15) is 5.60 Å². The van der Waals surface area contributed by atoms with E-state index in [0.29, 0.717) is 12.6 Å². The first-order valence-corrected chi connectivity index (χ1v) is 6.87. The molecule has 0 aromatic rings. The zero-order valence-corrected chi connectivity index (χ0v) is 12.5. The van der Waals surface area contributed by atoms with Gasteiger partial charge in [-0.25, -0.2) is 4.79 Å². The van der Waals surface area contributed by atoms with E-state index < -0.39 is 5.60 Å². The second-order valence-corrected chi connectivity index (χ2v) is 7.00. The van der Waals surface area contributed by atoms with Gasteiger partial charge in [-0.1, -0.05) is 0 Å². The average molecular weight is 256 g/mol. The van der Waals surface area contributed by atoms with E-state index in [1.807, 2.05) is 39.5 Å². The number of hydrogen-bond donors (Lipinski definition) is 1. The van der Waals surface area contributed by atoms with Crippen molar-refractivity contribution < 1.29 is 9.53 Å². The first-order chi connectivity index (χ1) is 8.08. The van der Waals surface area contributed by atoms with Gasteiger partial charge >= 0.3 is 6.09 Å². The smallest absolute Gasteiger partial charge is 0.410 e. The van der Waals surface area contributed by atoms with Crippen molar-refractivity contribution in [3.63, 3.8) is 0 Å². The molecule has 1 aliphatic carbocycles. The van der Waals surface area contributed by atoms with Gasteiger partial charge in [-0.05, 0) is 60.3 Å². The fraction of sp³-hybridized carbons (Fsp3) is 0.929. The Morgan fingerprint density at radius 1 is 1.28 bits per heavy atom. The van der Waals surface area contributed by atoms with Crippen LogP contribution >= 0.6 is 0 Å². The van der Waals surface area contributed by atoms with Crippen molar-refractivity contribution >= 4 is 6.09 Å². The number of amides is 1. The van der Waals surface area contributed by atoms with Crippen molar-refractivity contribution in [3.8, 4) is 0 Å². The van der Waals surface area contributed by atoms with Crippen molar-refractivity contribution in [2.45, 2.75) is 77.5 Å². The molecular formula is C14H28N2O2. The summed E-state index contributed by atoms with van der Waals surface area (Å²) in [5, 5.41) is 0. The largest absolute Gasteiger partial charge is 0.444 e. The van der Waals surface area contributed by atoms with Crippen molar-refractivity contribution in [2.24, 2.45) is 5.73 Å². The molecule has 0 heterocycles. The van der Waals surface area contributed by atoms with E-state index in [9.17, 15) is 4.79 Å². The lowest BCUT2D eigenvalue weighted by molar-refractivity contribution is 0.00572. The third-order valence-corrected chi connectivity index (χ3v) is 3.14. The van der Waals surface area contributed by atoms with Gasteiger partial charge in [0.2, 0.25) is 0 Å². The number of carbonyl (C=O) groups is 1. The van der Waals surface area contributed by atoms with Crippen LogP contribution in [0.2, 0.25) is 0 Å². The third-order valence-electron chi connectivity index (χ3n) is 3.14. The van der Waals surface area contributed by atoms with E-state index in [1.54, 1.807) is 0 Å². The molecule has 0 aliphatic heterocycles. The molecule has 4 heteroatoms. The van der Waals surface area contributed by atoms with Crippen molar-refractivity contribution in [2.75, 3.05) is 6.54 Å². The highest BCUT2D eigenvalue weighted by molar-refractivity contribution is 5.68. The summed E-state index contributed by atoms with van der Waals surface area (Å²) < 4.78 is 5.47. The first-order valence-electron chi connectivity index (χ1n) is 6.87. The van der Waals surface area contributed by atoms with Crippen LogP contribution in [-0.4, -0.2) is 34.7 Å². The van der Waals surface area contributed by atoms with E-state index in [-0.39, 0.29) is 11.6 Å². The molecule has 1 rings (SSSR count). The Morgan fingerprint density at radius 3 is 2.17 bits per heavy atom. The Balaban J connectivity index is 2.58. The molecule has 0 spiro atoms. The van der Waals surface area contributed by atoms with E-state index in [2.05, 4.69) is 0 Å². The molecule has 0 saturated heterocycles. The lowest BCUT2D eigenvalue weighted by atomic mass is 9.91. The zero-order chi connectivity index (χ0) is 14.0. The summed E-state index contributed by atoms with van der Waals surface area (Å²) in [7, 11) is 0. The van der Waals surface area contributed by atoms with Crippen LogP contribution < -0.4 is 5.73 Å². The highest BCUT2D eigenvalue weighted by Gasteiger charge is 2.32. The average Bonchev–Trinajstić information content (AvgIpc) is 2.03. The van der Waals surface area contributed by atoms with Gasteiger partial charge in [0.15, 0.2) is 0 Å². The summed E-state index contributed by atoms with van der Waals surface area (Å²) >= 11 is 0. The number of rotatable bonds is 4. The molecule has 0 unspecified atom stereocenters. The molecule has 106 valence electrons. The van der Waals surface area contributed by atoms with Crippen LogP contribution in [0.3, 0.4) is 0 Å². The topological polar surface area (TPSA) is 55.6 Å². The zero-order valence-electron chi connectivity index (χ0n) is 12.5. The molecular weight excluding hydrogens is 228 g/mol. The molecule has 0 bridgehead atoms. The Kier molecular flexibility index (Phi) is 4.65. The Bertz CT molecular complexity index is 285. The summed E-state index contributed by atoms with van der Waals surface area (Å²) in [5.41, 5.74) is 5.31. The van der Waals surface area contributed by atoms with Crippen LogP contribution in [0, 0.1) is 0 Å². The van der Waals surface area contributed by atoms with Gasteiger partial charge in [-0.2, -0.15) is 0 Å². The van der Waals surface area contributed by atoms with Crippen LogP contribution in [0.5, 0.6) is 0 Å². The molecule has 1 fully saturated rings. The van der Waals surface area contributed by atoms with E-state index in [4.69, 9.17) is 10.5 Å². The SMILES string of the molecule is CC(C)(N)CCN(C(=O)OC(C)(C)C)C1CCC1. The lowest BCUT2D eigenvalue weighted by Gasteiger charge is -2.39. The summed E-state index contributed by atoms with van der Waals surface area (Å²) in [4.78, 5) is 14.0. The second-order valence-electron chi connectivity index (χ2n) is 7.00. The van der Waals surface area contributed by atoms with Crippen LogP contribution in [0.4, 0.5) is 4.79 Å². The lowest BCUT2D eigenvalue weighted by Crippen LogP contribution is -2.49. The van der Waals surface area contributed by atoms with E-state index in [0.717, 1.165) is 19.3 Å². The molecule has 0 aromatic heterocycles. The molecule has 2 N–H and O–H groups in total. The predicted molar refractivity (Wildman–Crippen MR) is 73.5 cm³/mol. The highest BCUT2D eigenvalue weighted by Crippen LogP contribution is 2.27. The number of hydrogen-bond acceptors (Lipinski definition) is 3. The van der Waals surface area contributed by atoms with E-state index in [1.165, 1.54) is 6.42 Å². The minimum Gasteiger partial charge on any atom is -0.444 e. The molecule has 0 aromatic carbocycles. The summed E-state index contributed by atoms with van der Waals surface area (Å²) in [5.74, 6) is 0. The Hall–Kier alpha value is -0.770. The minimum absolute atomic E-state index is 0.198. The standard InChI is InChI=1S/C14H28N2O2/c1-13(2,3)18-12(17)16(11-7-6-8-11)10-9-14(4,5)15/h11H,6-10,15H2,1-5H3. The summed E-state index contributed by atoms with van der Waals surface area (Å²) in [6.45, 7) is 10.4. The van der Waals surface area contributed by atoms with Gasteiger partial charge in [0.05, 0.1) is 0 Å². The summed E-state index contributed by atoms with van der Waals surface area (Å²) in [6.07, 6.45) is 3.98. The van der Waals surface area contributed by atoms with Gasteiger partial charge in [0, 0.05) is 18.1 Å². The van der Waals surface area contributed by atoms with Crippen LogP contribution in [0.1, 0.15) is 60.3 Å². The Morgan fingerprint density at radius 2 is 1.83 bits per heavy atom. The molecule has 1 saturated carbocycles. The van der Waals surface area contributed by atoms with Crippen molar-refractivity contribution in [1.29, 1.82) is 0 Å². The van der Waals surface area contributed by atoms with Crippen LogP contribution in [0.25, 0.3) is 0 Å². The fourth-order valence-electron chi connectivity index (χ4n) is 1.85.